The third kappa shape index (κ3) is 79.8. The molecule has 137 heavy (non-hydrogen) atoms. The molecule has 28 nitrogen and oxygen atoms in total. The third-order valence-electron chi connectivity index (χ3n) is 23.9. The Morgan fingerprint density at radius 2 is 0.642 bits per heavy atom. The number of hydrogen-bond acceptors (Lipinski definition) is 16. The Labute approximate surface area is 833 Å². The molecule has 10 N–H and O–H groups in total. The smallest absolute Gasteiger partial charge is 0.303 e. The summed E-state index contributed by atoms with van der Waals surface area (Å²) in [5.74, 6) is 0.223. The van der Waals surface area contributed by atoms with Crippen LogP contribution in [0, 0.1) is 56.7 Å². The van der Waals surface area contributed by atoms with E-state index in [2.05, 4.69) is 63.3 Å². The van der Waals surface area contributed by atoms with Gasteiger partial charge in [0.1, 0.15) is 25.0 Å². The number of nitrogens with one attached hydrogen (secondary N) is 8. The first-order chi connectivity index (χ1) is 63.6. The molecule has 0 heterocycles. The maximum atomic E-state index is 11.9. The summed E-state index contributed by atoms with van der Waals surface area (Å²) in [5, 5.41) is 39.6. The SMILES string of the molecule is CCC(C)(C)C(=O)NC(C)(C)CC(C)=O.CCC(C)(C)C(=O)NCCCCCC(=O)O.CCC(C)(C)C(=O)Nc1ccccc1.CCC(C)C(=O)N(CC)CC.CCC(C)C(=O)NC(C)(C)CC(C)=O.CCC(C)C(=O)NCCCCCC(=O)O.CCC(C)C(=O)Nc1ccccc1.CCCCOCNC(=O)C(C)(C)CC.CCCCOCNC(=O)C(C)CC.CCN(CC)C(=O)C(C)(C)CC. The topological polar surface area (TPSA) is 401 Å². The molecule has 10 amide bonds. The Morgan fingerprint density at radius 3 is 0.985 bits per heavy atom. The summed E-state index contributed by atoms with van der Waals surface area (Å²) in [6.07, 6.45) is 18.9. The molecule has 2 rings (SSSR count). The van der Waals surface area contributed by atoms with Crippen LogP contribution in [0.15, 0.2) is 60.7 Å². The normalized spacial score (nSPS) is 12.0. The first-order valence-electron chi connectivity index (χ1n) is 51.2. The first kappa shape index (κ1) is 144. The maximum Gasteiger partial charge on any atom is 0.303 e. The lowest BCUT2D eigenvalue weighted by Gasteiger charge is -2.30. The quantitative estimate of drug-likeness (QED) is 0.0217. The highest BCUT2D eigenvalue weighted by molar-refractivity contribution is 5.95. The zero-order valence-corrected chi connectivity index (χ0v) is 93.5. The van der Waals surface area contributed by atoms with Crippen molar-refractivity contribution in [1.82, 2.24) is 41.7 Å². The second-order valence-corrected chi connectivity index (χ2v) is 39.7. The molecule has 0 saturated heterocycles. The van der Waals surface area contributed by atoms with Crippen LogP contribution in [0.25, 0.3) is 0 Å². The third-order valence-corrected chi connectivity index (χ3v) is 23.9. The van der Waals surface area contributed by atoms with E-state index >= 15 is 0 Å². The van der Waals surface area contributed by atoms with Crippen LogP contribution in [0.2, 0.25) is 0 Å². The molecule has 2 aromatic rings. The van der Waals surface area contributed by atoms with E-state index in [0.717, 1.165) is 166 Å². The number of carbonyl (C=O) groups is 14. The van der Waals surface area contributed by atoms with Gasteiger partial charge in [0.15, 0.2) is 0 Å². The molecule has 0 aromatic heterocycles. The number of hydrogen-bond donors (Lipinski definition) is 10. The Hall–Kier alpha value is -8.66. The Kier molecular flexibility index (Phi) is 87.2. The van der Waals surface area contributed by atoms with Crippen molar-refractivity contribution in [2.45, 2.75) is 421 Å². The number of nitrogens with zero attached hydrogens (tertiary/aromatic N) is 2. The minimum Gasteiger partial charge on any atom is -0.481 e. The number of ketones is 2. The van der Waals surface area contributed by atoms with E-state index in [1.54, 1.807) is 6.92 Å². The Morgan fingerprint density at radius 1 is 0.328 bits per heavy atom. The van der Waals surface area contributed by atoms with Crippen molar-refractivity contribution >= 4 is 94.0 Å². The van der Waals surface area contributed by atoms with Gasteiger partial charge < -0.3 is 72.0 Å². The summed E-state index contributed by atoms with van der Waals surface area (Å²) < 4.78 is 10.5. The average Bonchev–Trinajstić information content (AvgIpc) is 0.855. The van der Waals surface area contributed by atoms with Crippen LogP contribution in [0.5, 0.6) is 0 Å². The number of aliphatic carboxylic acids is 2. The van der Waals surface area contributed by atoms with Gasteiger partial charge in [-0.3, -0.25) is 67.1 Å². The number of unbranched alkanes of at least 4 members (excludes halogenated alkanes) is 6. The molecule has 0 radical (unpaired) electrons. The molecule has 0 aliphatic carbocycles. The van der Waals surface area contributed by atoms with Crippen molar-refractivity contribution in [1.29, 1.82) is 0 Å². The predicted molar refractivity (Wildman–Crippen MR) is 565 cm³/mol. The lowest BCUT2D eigenvalue weighted by Crippen LogP contribution is -2.49. The maximum absolute atomic E-state index is 11.9. The minimum absolute atomic E-state index is 0.0104. The number of rotatable bonds is 54. The highest BCUT2D eigenvalue weighted by Gasteiger charge is 2.33. The number of amides is 10. The van der Waals surface area contributed by atoms with Crippen LogP contribution < -0.4 is 42.5 Å². The largest absolute Gasteiger partial charge is 0.481 e. The number of anilines is 2. The molecular formula is C109H204N10O18. The molecule has 0 fully saturated rings. The van der Waals surface area contributed by atoms with Gasteiger partial charge in [-0.15, -0.1) is 0 Å². The summed E-state index contributed by atoms with van der Waals surface area (Å²) in [4.78, 5) is 162. The van der Waals surface area contributed by atoms with Gasteiger partial charge in [-0.2, -0.15) is 0 Å². The highest BCUT2D eigenvalue weighted by atomic mass is 16.5. The van der Waals surface area contributed by atoms with Crippen molar-refractivity contribution < 1.29 is 86.8 Å². The molecule has 0 spiro atoms. The molecule has 5 unspecified atom stereocenters. The number of benzene rings is 2. The number of carbonyl (C=O) groups excluding carboxylic acids is 12. The molecule has 0 bridgehead atoms. The van der Waals surface area contributed by atoms with E-state index in [0.29, 0.717) is 52.2 Å². The van der Waals surface area contributed by atoms with E-state index < -0.39 is 23.0 Å². The number of Topliss-reactive ketones (excluding diaryl/α,β-unsaturated/α-hetero) is 2. The van der Waals surface area contributed by atoms with Gasteiger partial charge in [0.05, 0.1) is 0 Å². The van der Waals surface area contributed by atoms with Crippen LogP contribution in [-0.4, -0.2) is 180 Å². The van der Waals surface area contributed by atoms with E-state index in [4.69, 9.17) is 19.7 Å². The second-order valence-electron chi connectivity index (χ2n) is 39.7. The Balaban J connectivity index is -0.000000225. The number of ether oxygens (including phenoxy) is 2. The van der Waals surface area contributed by atoms with Crippen molar-refractivity contribution in [3.63, 3.8) is 0 Å². The van der Waals surface area contributed by atoms with E-state index in [9.17, 15) is 67.1 Å². The zero-order valence-electron chi connectivity index (χ0n) is 93.5. The summed E-state index contributed by atoms with van der Waals surface area (Å²) >= 11 is 0. The molecule has 5 atom stereocenters. The monoisotopic (exact) mass is 1940 g/mol. The van der Waals surface area contributed by atoms with Gasteiger partial charge in [0.25, 0.3) is 0 Å². The van der Waals surface area contributed by atoms with Gasteiger partial charge in [-0.25, -0.2) is 0 Å². The van der Waals surface area contributed by atoms with Gasteiger partial charge in [-0.1, -0.05) is 249 Å². The Bertz CT molecular complexity index is 3560. The standard InChI is InChI=1S/C12H23NO3.C12H23NO2.C12H17NO.C11H21NO3.C11H21NO2.C11H23NO2.C11H15NO.C10H21NO2.C10H21NO.C9H19NO/c1-4-12(2,3)11(16)13-9-7-5-6-8-10(14)15;1-7-11(3,4)10(15)13-12(5,6)8-9(2)14;1-4-12(2,3)11(14)13-10-8-6-5-7-9-10;1-3-9(2)11(15)12-8-6-4-5-7-10(13)14;1-6-8(2)10(14)12-11(4,5)7-9(3)13;1-5-7-8-14-9-12-10(13)11(3,4)6-2;1-3-9(2)11(13)12-10-7-5-4-6-8-10;1-4-6-7-13-8-11-10(12)9(3)5-2;1-6-10(4,5)9(12)11(7-2)8-3;1-5-8(4)9(11)10(6-2)7-3/h4-9H2,1-3H3,(H,13,16)(H,14,15);7-8H2,1-6H3,(H,13,15);5-9H,4H2,1-3H3,(H,13,14);9H,3-8H2,1-2H3,(H,12,15)(H,13,14);8H,6-7H2,1-5H3,(H,12,14);5-9H2,1-4H3,(H,12,13);4-9H,3H2,1-2H3,(H,12,13);9H,4-8H2,1-3H3,(H,11,12);6-8H2,1-5H3;8H,5-7H2,1-4H3. The van der Waals surface area contributed by atoms with Crippen molar-refractivity contribution in [2.24, 2.45) is 56.7 Å². The lowest BCUT2D eigenvalue weighted by atomic mass is 9.87. The highest BCUT2D eigenvalue weighted by Crippen LogP contribution is 2.26. The minimum atomic E-state index is -0.754. The van der Waals surface area contributed by atoms with Gasteiger partial charge >= 0.3 is 11.9 Å². The first-order valence-corrected chi connectivity index (χ1v) is 51.2. The van der Waals surface area contributed by atoms with E-state index in [1.165, 1.54) is 6.92 Å². The van der Waals surface area contributed by atoms with Crippen LogP contribution in [-0.2, 0) is 76.6 Å². The molecule has 0 aliphatic rings. The molecule has 28 heteroatoms. The number of carboxylic acid groups (broad SMARTS) is 2. The van der Waals surface area contributed by atoms with Gasteiger partial charge in [0, 0.05) is 157 Å². The number of para-hydroxylation sites is 2. The molecule has 0 aliphatic heterocycles. The fourth-order valence-corrected chi connectivity index (χ4v) is 10.6. The predicted octanol–water partition coefficient (Wildman–Crippen LogP) is 22.3. The van der Waals surface area contributed by atoms with Crippen molar-refractivity contribution in [3.8, 4) is 0 Å². The summed E-state index contributed by atoms with van der Waals surface area (Å²) in [5.41, 5.74) is -0.584. The van der Waals surface area contributed by atoms with Gasteiger partial charge in [-0.05, 0) is 196 Å². The van der Waals surface area contributed by atoms with E-state index in [-0.39, 0.29) is 140 Å². The van der Waals surface area contributed by atoms with Crippen molar-refractivity contribution in [3.05, 3.63) is 60.7 Å². The molecule has 2 aromatic carbocycles. The second kappa shape index (κ2) is 83.2. The molecule has 0 saturated carbocycles. The van der Waals surface area contributed by atoms with Crippen LogP contribution in [0.4, 0.5) is 11.4 Å². The van der Waals surface area contributed by atoms with Crippen LogP contribution in [0.3, 0.4) is 0 Å². The van der Waals surface area contributed by atoms with Crippen LogP contribution in [0.1, 0.15) is 410 Å². The molecule has 798 valence electrons. The molecular weight excluding hydrogens is 1740 g/mol. The summed E-state index contributed by atoms with van der Waals surface area (Å²) in [7, 11) is 0. The zero-order chi connectivity index (χ0) is 108. The van der Waals surface area contributed by atoms with Crippen molar-refractivity contribution in [2.75, 3.05) is 76.6 Å². The van der Waals surface area contributed by atoms with Crippen LogP contribution >= 0.6 is 0 Å². The fourth-order valence-electron chi connectivity index (χ4n) is 10.6. The lowest BCUT2D eigenvalue weighted by molar-refractivity contribution is -0.140. The van der Waals surface area contributed by atoms with Gasteiger partial charge in [0.2, 0.25) is 59.1 Å². The van der Waals surface area contributed by atoms with E-state index in [1.807, 2.05) is 292 Å². The average molecular weight is 1940 g/mol. The summed E-state index contributed by atoms with van der Waals surface area (Å²) in [6, 6.07) is 19.1. The summed E-state index contributed by atoms with van der Waals surface area (Å²) in [6.45, 7) is 78.8. The fraction of sp³-hybridized carbons (Fsp3) is 0.761. The number of carboxylic acids is 2.